The number of hydrogen-bond donors (Lipinski definition) is 1. The van der Waals surface area contributed by atoms with E-state index in [9.17, 15) is 9.59 Å². The summed E-state index contributed by atoms with van der Waals surface area (Å²) in [6.07, 6.45) is 0.160. The first kappa shape index (κ1) is 18.3. The number of rotatable bonds is 7. The molecule has 0 spiro atoms. The predicted octanol–water partition coefficient (Wildman–Crippen LogP) is 2.81. The fourth-order valence-electron chi connectivity index (χ4n) is 2.37. The number of anilines is 1. The molecule has 0 aliphatic carbocycles. The Hall–Kier alpha value is -3.02. The molecule has 0 aliphatic rings. The molecule has 0 heterocycles. The van der Waals surface area contributed by atoms with Crippen molar-refractivity contribution in [2.45, 2.75) is 13.0 Å². The van der Waals surface area contributed by atoms with Gasteiger partial charge in [0.05, 0.1) is 33.3 Å². The maximum atomic E-state index is 11.6. The summed E-state index contributed by atoms with van der Waals surface area (Å²) in [5, 5.41) is 3.25. The van der Waals surface area contributed by atoms with Gasteiger partial charge in [-0.05, 0) is 41.5 Å². The number of benzene rings is 2. The third-order valence-corrected chi connectivity index (χ3v) is 3.74. The number of ether oxygens (including phenoxy) is 3. The summed E-state index contributed by atoms with van der Waals surface area (Å²) in [7, 11) is 4.28. The smallest absolute Gasteiger partial charge is 0.337 e. The molecule has 0 saturated heterocycles. The summed E-state index contributed by atoms with van der Waals surface area (Å²) in [6, 6.07) is 12.6. The molecule has 6 nitrogen and oxygen atoms in total. The van der Waals surface area contributed by atoms with Gasteiger partial charge in [0.25, 0.3) is 0 Å². The van der Waals surface area contributed by atoms with Crippen LogP contribution in [0.4, 0.5) is 5.69 Å². The lowest BCUT2D eigenvalue weighted by Gasteiger charge is -2.13. The number of carbonyl (C=O) groups is 2. The minimum absolute atomic E-state index is 0.160. The zero-order valence-corrected chi connectivity index (χ0v) is 14.5. The van der Waals surface area contributed by atoms with E-state index in [0.29, 0.717) is 17.9 Å². The van der Waals surface area contributed by atoms with Gasteiger partial charge in [-0.25, -0.2) is 4.79 Å². The molecule has 2 aromatic carbocycles. The van der Waals surface area contributed by atoms with Crippen molar-refractivity contribution in [2.24, 2.45) is 0 Å². The molecule has 132 valence electrons. The number of esters is 2. The van der Waals surface area contributed by atoms with Gasteiger partial charge in [-0.3, -0.25) is 4.79 Å². The van der Waals surface area contributed by atoms with Gasteiger partial charge in [0, 0.05) is 12.2 Å². The molecule has 0 unspecified atom stereocenters. The van der Waals surface area contributed by atoms with E-state index in [4.69, 9.17) is 14.2 Å². The first-order valence-electron chi connectivity index (χ1n) is 7.72. The van der Waals surface area contributed by atoms with Crippen LogP contribution < -0.4 is 10.1 Å². The molecule has 6 heteroatoms. The second-order valence-corrected chi connectivity index (χ2v) is 5.31. The van der Waals surface area contributed by atoms with Crippen molar-refractivity contribution in [3.8, 4) is 5.75 Å². The van der Waals surface area contributed by atoms with Crippen molar-refractivity contribution in [1.29, 1.82) is 0 Å². The van der Waals surface area contributed by atoms with Gasteiger partial charge in [0.15, 0.2) is 0 Å². The van der Waals surface area contributed by atoms with Gasteiger partial charge < -0.3 is 19.5 Å². The number of methoxy groups -OCH3 is 3. The Morgan fingerprint density at radius 3 is 2.44 bits per heavy atom. The second-order valence-electron chi connectivity index (χ2n) is 5.31. The number of carbonyl (C=O) groups excluding carboxylic acids is 2. The van der Waals surface area contributed by atoms with Gasteiger partial charge in [-0.2, -0.15) is 0 Å². The molecule has 1 N–H and O–H groups in total. The Balaban J connectivity index is 2.17. The Bertz CT molecular complexity index is 757. The Kier molecular flexibility index (Phi) is 6.39. The molecule has 0 aliphatic heterocycles. The molecule has 25 heavy (non-hydrogen) atoms. The van der Waals surface area contributed by atoms with E-state index < -0.39 is 0 Å². The molecule has 0 atom stereocenters. The van der Waals surface area contributed by atoms with Crippen LogP contribution in [-0.2, 0) is 27.2 Å². The number of hydrogen-bond acceptors (Lipinski definition) is 6. The summed E-state index contributed by atoms with van der Waals surface area (Å²) in [4.78, 5) is 23.2. The molecule has 0 fully saturated rings. The van der Waals surface area contributed by atoms with Crippen molar-refractivity contribution >= 4 is 17.6 Å². The van der Waals surface area contributed by atoms with Crippen LogP contribution in [0.5, 0.6) is 5.75 Å². The third kappa shape index (κ3) is 4.97. The van der Waals surface area contributed by atoms with Crippen LogP contribution in [0.1, 0.15) is 21.5 Å². The largest absolute Gasteiger partial charge is 0.497 e. The van der Waals surface area contributed by atoms with Crippen LogP contribution in [0, 0.1) is 0 Å². The van der Waals surface area contributed by atoms with Crippen molar-refractivity contribution in [3.05, 3.63) is 59.2 Å². The number of nitrogens with one attached hydrogen (secondary N) is 1. The highest BCUT2D eigenvalue weighted by molar-refractivity contribution is 5.90. The van der Waals surface area contributed by atoms with E-state index in [1.807, 2.05) is 24.3 Å². The molecular weight excluding hydrogens is 322 g/mol. The monoisotopic (exact) mass is 343 g/mol. The van der Waals surface area contributed by atoms with Crippen molar-refractivity contribution < 1.29 is 23.8 Å². The highest BCUT2D eigenvalue weighted by Gasteiger charge is 2.11. The SMILES string of the molecule is COC(=O)Cc1cc(OC)ccc1CNc1cccc(C(=O)OC)c1. The third-order valence-electron chi connectivity index (χ3n) is 3.74. The fraction of sp³-hybridized carbons (Fsp3) is 0.263. The van der Waals surface area contributed by atoms with E-state index in [2.05, 4.69) is 5.32 Å². The van der Waals surface area contributed by atoms with Crippen molar-refractivity contribution in [2.75, 3.05) is 26.6 Å². The zero-order valence-electron chi connectivity index (χ0n) is 14.5. The summed E-state index contributed by atoms with van der Waals surface area (Å²) in [5.41, 5.74) is 3.01. The van der Waals surface area contributed by atoms with Crippen molar-refractivity contribution in [1.82, 2.24) is 0 Å². The summed E-state index contributed by atoms with van der Waals surface area (Å²) >= 11 is 0. The maximum absolute atomic E-state index is 11.6. The Morgan fingerprint density at radius 2 is 1.76 bits per heavy atom. The minimum atomic E-state index is -0.389. The highest BCUT2D eigenvalue weighted by Crippen LogP contribution is 2.20. The topological polar surface area (TPSA) is 73.9 Å². The summed E-state index contributed by atoms with van der Waals surface area (Å²) in [5.74, 6) is -0.0305. The van der Waals surface area contributed by atoms with Crippen LogP contribution in [0.15, 0.2) is 42.5 Å². The molecule has 0 bridgehead atoms. The molecule has 2 aromatic rings. The van der Waals surface area contributed by atoms with Crippen LogP contribution in [0.25, 0.3) is 0 Å². The summed E-state index contributed by atoms with van der Waals surface area (Å²) < 4.78 is 14.7. The Morgan fingerprint density at radius 1 is 0.960 bits per heavy atom. The van der Waals surface area contributed by atoms with Crippen LogP contribution in [0.3, 0.4) is 0 Å². The van der Waals surface area contributed by atoms with E-state index in [-0.39, 0.29) is 18.4 Å². The molecular formula is C19H21NO5. The van der Waals surface area contributed by atoms with Crippen LogP contribution in [0.2, 0.25) is 0 Å². The lowest BCUT2D eigenvalue weighted by atomic mass is 10.0. The van der Waals surface area contributed by atoms with Gasteiger partial charge in [0.2, 0.25) is 0 Å². The predicted molar refractivity (Wildman–Crippen MR) is 93.8 cm³/mol. The van der Waals surface area contributed by atoms with Crippen LogP contribution in [-0.4, -0.2) is 33.3 Å². The quantitative estimate of drug-likeness (QED) is 0.779. The average molecular weight is 343 g/mol. The molecule has 0 amide bonds. The molecule has 2 rings (SSSR count). The highest BCUT2D eigenvalue weighted by atomic mass is 16.5. The normalized spacial score (nSPS) is 10.0. The molecule has 0 aromatic heterocycles. The first-order valence-corrected chi connectivity index (χ1v) is 7.72. The first-order chi connectivity index (χ1) is 12.1. The van der Waals surface area contributed by atoms with Gasteiger partial charge in [-0.1, -0.05) is 12.1 Å². The second kappa shape index (κ2) is 8.73. The lowest BCUT2D eigenvalue weighted by Crippen LogP contribution is -2.10. The van der Waals surface area contributed by atoms with E-state index in [0.717, 1.165) is 16.8 Å². The van der Waals surface area contributed by atoms with Crippen LogP contribution >= 0.6 is 0 Å². The fourth-order valence-corrected chi connectivity index (χ4v) is 2.37. The Labute approximate surface area is 146 Å². The van der Waals surface area contributed by atoms with Gasteiger partial charge in [0.1, 0.15) is 5.75 Å². The lowest BCUT2D eigenvalue weighted by molar-refractivity contribution is -0.139. The van der Waals surface area contributed by atoms with E-state index in [1.165, 1.54) is 14.2 Å². The molecule has 0 radical (unpaired) electrons. The van der Waals surface area contributed by atoms with Gasteiger partial charge in [-0.15, -0.1) is 0 Å². The van der Waals surface area contributed by atoms with Crippen molar-refractivity contribution in [3.63, 3.8) is 0 Å². The summed E-state index contributed by atoms with van der Waals surface area (Å²) in [6.45, 7) is 0.487. The minimum Gasteiger partial charge on any atom is -0.497 e. The zero-order chi connectivity index (χ0) is 18.2. The van der Waals surface area contributed by atoms with E-state index >= 15 is 0 Å². The van der Waals surface area contributed by atoms with E-state index in [1.54, 1.807) is 25.3 Å². The maximum Gasteiger partial charge on any atom is 0.337 e. The standard InChI is InChI=1S/C19H21NO5/c1-23-17-8-7-14(15(10-17)11-18(21)24-2)12-20-16-6-4-5-13(9-16)19(22)25-3/h4-10,20H,11-12H2,1-3H3. The van der Waals surface area contributed by atoms with Gasteiger partial charge >= 0.3 is 11.9 Å². The molecule has 0 saturated carbocycles. The average Bonchev–Trinajstić information content (AvgIpc) is 2.66.